The number of amides is 1. The molecule has 2 heterocycles. The van der Waals surface area contributed by atoms with E-state index in [-0.39, 0.29) is 24.2 Å². The summed E-state index contributed by atoms with van der Waals surface area (Å²) in [5.41, 5.74) is 1.61. The Hall–Kier alpha value is -3.28. The van der Waals surface area contributed by atoms with Crippen LogP contribution >= 0.6 is 15.9 Å². The van der Waals surface area contributed by atoms with Gasteiger partial charge >= 0.3 is 0 Å². The average molecular weight is 588 g/mol. The fraction of sp³-hybridized carbons (Fsp3) is 0.269. The van der Waals surface area contributed by atoms with Crippen molar-refractivity contribution in [2.75, 3.05) is 44.3 Å². The summed E-state index contributed by atoms with van der Waals surface area (Å²) in [4.78, 5) is 16.8. The van der Waals surface area contributed by atoms with Crippen LogP contribution in [0.4, 0.5) is 5.69 Å². The van der Waals surface area contributed by atoms with Crippen molar-refractivity contribution in [3.8, 4) is 17.2 Å². The number of ether oxygens (including phenoxy) is 3. The molecular formula is C26H26BrN3O6S. The van der Waals surface area contributed by atoms with Gasteiger partial charge in [0, 0.05) is 42.9 Å². The first kappa shape index (κ1) is 25.4. The molecule has 1 saturated heterocycles. The number of rotatable bonds is 8. The van der Waals surface area contributed by atoms with Gasteiger partial charge in [-0.1, -0.05) is 22.0 Å². The Bertz CT molecular complexity index is 1360. The number of halogens is 1. The summed E-state index contributed by atoms with van der Waals surface area (Å²) in [6.07, 6.45) is 0. The minimum Gasteiger partial charge on any atom is -0.484 e. The molecule has 37 heavy (non-hydrogen) atoms. The average Bonchev–Trinajstić information content (AvgIpc) is 3.37. The van der Waals surface area contributed by atoms with Gasteiger partial charge < -0.3 is 19.1 Å². The molecule has 0 aliphatic carbocycles. The molecule has 3 aromatic rings. The molecule has 0 spiro atoms. The highest BCUT2D eigenvalue weighted by Gasteiger charge is 2.22. The number of nitrogens with one attached hydrogen (secondary N) is 1. The lowest BCUT2D eigenvalue weighted by Gasteiger charge is -2.34. The number of benzene rings is 3. The molecule has 5 rings (SSSR count). The van der Waals surface area contributed by atoms with Crippen molar-refractivity contribution in [2.45, 2.75) is 11.4 Å². The first-order valence-electron chi connectivity index (χ1n) is 11.8. The van der Waals surface area contributed by atoms with Crippen LogP contribution in [0.25, 0.3) is 0 Å². The number of fused-ring (bicyclic) bond motifs is 1. The van der Waals surface area contributed by atoms with Gasteiger partial charge in [-0.3, -0.25) is 14.4 Å². The Morgan fingerprint density at radius 3 is 2.35 bits per heavy atom. The van der Waals surface area contributed by atoms with Crippen LogP contribution in [0.5, 0.6) is 17.2 Å². The molecule has 0 unspecified atom stereocenters. The van der Waals surface area contributed by atoms with E-state index in [1.165, 1.54) is 12.1 Å². The van der Waals surface area contributed by atoms with Crippen molar-refractivity contribution in [1.29, 1.82) is 0 Å². The van der Waals surface area contributed by atoms with Crippen LogP contribution in [0.2, 0.25) is 0 Å². The molecule has 9 nitrogen and oxygen atoms in total. The number of carbonyl (C=O) groups excluding carboxylic acids is 1. The van der Waals surface area contributed by atoms with Crippen molar-refractivity contribution in [1.82, 2.24) is 9.80 Å². The number of nitrogens with zero attached hydrogens (tertiary/aromatic N) is 2. The number of hydrogen-bond donors (Lipinski definition) is 1. The standard InChI is InChI=1S/C26H26BrN3O6S/c27-20-2-4-21(5-3-20)28-37(32,33)23-8-6-22(7-9-23)34-17-26(31)30-13-11-29(12-14-30)16-19-1-10-24-25(15-19)36-18-35-24/h1-10,15,28H,11-14,16-18H2. The minimum absolute atomic E-state index is 0.101. The normalized spacial score (nSPS) is 15.4. The van der Waals surface area contributed by atoms with Crippen molar-refractivity contribution in [2.24, 2.45) is 0 Å². The Labute approximate surface area is 224 Å². The maximum atomic E-state index is 12.7. The number of sulfonamides is 1. The van der Waals surface area contributed by atoms with Gasteiger partial charge in [0.15, 0.2) is 18.1 Å². The summed E-state index contributed by atoms with van der Waals surface area (Å²) >= 11 is 3.32. The van der Waals surface area contributed by atoms with E-state index in [2.05, 4.69) is 25.6 Å². The summed E-state index contributed by atoms with van der Waals surface area (Å²) in [6, 6.07) is 18.8. The van der Waals surface area contributed by atoms with E-state index in [0.29, 0.717) is 24.5 Å². The van der Waals surface area contributed by atoms with Crippen molar-refractivity contribution in [3.63, 3.8) is 0 Å². The Balaban J connectivity index is 1.08. The third-order valence-electron chi connectivity index (χ3n) is 6.16. The van der Waals surface area contributed by atoms with E-state index >= 15 is 0 Å². The van der Waals surface area contributed by atoms with E-state index in [1.807, 2.05) is 18.2 Å². The highest BCUT2D eigenvalue weighted by atomic mass is 79.9. The van der Waals surface area contributed by atoms with E-state index < -0.39 is 10.0 Å². The van der Waals surface area contributed by atoms with Gasteiger partial charge in [-0.25, -0.2) is 8.42 Å². The van der Waals surface area contributed by atoms with E-state index in [4.69, 9.17) is 14.2 Å². The molecule has 194 valence electrons. The van der Waals surface area contributed by atoms with Crippen LogP contribution in [-0.4, -0.2) is 63.7 Å². The maximum absolute atomic E-state index is 12.7. The first-order chi connectivity index (χ1) is 17.9. The Morgan fingerprint density at radius 2 is 1.62 bits per heavy atom. The quantitative estimate of drug-likeness (QED) is 0.429. The van der Waals surface area contributed by atoms with Crippen molar-refractivity contribution < 1.29 is 27.4 Å². The highest BCUT2D eigenvalue weighted by Crippen LogP contribution is 2.33. The molecule has 1 N–H and O–H groups in total. The second-order valence-electron chi connectivity index (χ2n) is 8.72. The SMILES string of the molecule is O=C(COc1ccc(S(=O)(=O)Nc2ccc(Br)cc2)cc1)N1CCN(Cc2ccc3c(c2)OCO3)CC1. The molecule has 1 amide bonds. The second-order valence-corrected chi connectivity index (χ2v) is 11.3. The zero-order valence-corrected chi connectivity index (χ0v) is 22.3. The molecule has 0 bridgehead atoms. The van der Waals surface area contributed by atoms with E-state index in [0.717, 1.165) is 41.2 Å². The molecule has 3 aromatic carbocycles. The molecule has 2 aliphatic heterocycles. The van der Waals surface area contributed by atoms with Crippen LogP contribution in [0.15, 0.2) is 76.1 Å². The summed E-state index contributed by atoms with van der Waals surface area (Å²) in [7, 11) is -3.74. The predicted molar refractivity (Wildman–Crippen MR) is 141 cm³/mol. The minimum atomic E-state index is -3.74. The highest BCUT2D eigenvalue weighted by molar-refractivity contribution is 9.10. The molecule has 0 atom stereocenters. The van der Waals surface area contributed by atoms with Gasteiger partial charge in [0.05, 0.1) is 4.90 Å². The molecular weight excluding hydrogens is 562 g/mol. The fourth-order valence-corrected chi connectivity index (χ4v) is 5.46. The molecule has 0 aromatic heterocycles. The van der Waals surface area contributed by atoms with Crippen LogP contribution < -0.4 is 18.9 Å². The number of piperazine rings is 1. The summed E-state index contributed by atoms with van der Waals surface area (Å²) < 4.78 is 45.1. The van der Waals surface area contributed by atoms with Crippen molar-refractivity contribution in [3.05, 3.63) is 76.8 Å². The second kappa shape index (κ2) is 11.0. The Kier molecular flexibility index (Phi) is 7.54. The molecule has 1 fully saturated rings. The monoisotopic (exact) mass is 587 g/mol. The van der Waals surface area contributed by atoms with Crippen molar-refractivity contribution >= 4 is 37.5 Å². The Morgan fingerprint density at radius 1 is 0.919 bits per heavy atom. The fourth-order valence-electron chi connectivity index (χ4n) is 4.14. The van der Waals surface area contributed by atoms with Crippen LogP contribution in [-0.2, 0) is 21.4 Å². The number of hydrogen-bond acceptors (Lipinski definition) is 7. The lowest BCUT2D eigenvalue weighted by Crippen LogP contribution is -2.49. The van der Waals surface area contributed by atoms with Gasteiger partial charge in [-0.2, -0.15) is 0 Å². The number of anilines is 1. The third kappa shape index (κ3) is 6.35. The summed E-state index contributed by atoms with van der Waals surface area (Å²) in [6.45, 7) is 3.69. The smallest absolute Gasteiger partial charge is 0.261 e. The molecule has 11 heteroatoms. The lowest BCUT2D eigenvalue weighted by molar-refractivity contribution is -0.135. The lowest BCUT2D eigenvalue weighted by atomic mass is 10.1. The first-order valence-corrected chi connectivity index (χ1v) is 14.0. The van der Waals surface area contributed by atoms with Gasteiger partial charge in [0.2, 0.25) is 6.79 Å². The van der Waals surface area contributed by atoms with Crippen LogP contribution in [0.3, 0.4) is 0 Å². The largest absolute Gasteiger partial charge is 0.484 e. The van der Waals surface area contributed by atoms with Gasteiger partial charge in [-0.05, 0) is 66.2 Å². The topological polar surface area (TPSA) is 97.4 Å². The van der Waals surface area contributed by atoms with Gasteiger partial charge in [-0.15, -0.1) is 0 Å². The molecule has 2 aliphatic rings. The van der Waals surface area contributed by atoms with Gasteiger partial charge in [0.1, 0.15) is 5.75 Å². The zero-order valence-electron chi connectivity index (χ0n) is 19.9. The van der Waals surface area contributed by atoms with Gasteiger partial charge in [0.25, 0.3) is 15.9 Å². The predicted octanol–water partition coefficient (Wildman–Crippen LogP) is 3.70. The van der Waals surface area contributed by atoms with E-state index in [1.54, 1.807) is 41.3 Å². The summed E-state index contributed by atoms with van der Waals surface area (Å²) in [5.74, 6) is 1.87. The van der Waals surface area contributed by atoms with Crippen LogP contribution in [0, 0.1) is 0 Å². The molecule has 0 radical (unpaired) electrons. The zero-order chi connectivity index (χ0) is 25.8. The summed E-state index contributed by atoms with van der Waals surface area (Å²) in [5, 5.41) is 0. The molecule has 0 saturated carbocycles. The third-order valence-corrected chi connectivity index (χ3v) is 8.09. The number of carbonyl (C=O) groups is 1. The van der Waals surface area contributed by atoms with E-state index in [9.17, 15) is 13.2 Å². The van der Waals surface area contributed by atoms with Crippen LogP contribution in [0.1, 0.15) is 5.56 Å². The maximum Gasteiger partial charge on any atom is 0.261 e.